The van der Waals surface area contributed by atoms with Crippen LogP contribution in [0.15, 0.2) is 18.2 Å². The Kier molecular flexibility index (Phi) is 3.68. The fourth-order valence-electron chi connectivity index (χ4n) is 3.43. The summed E-state index contributed by atoms with van der Waals surface area (Å²) in [6.45, 7) is 5.25. The number of piperidine rings is 1. The molecule has 4 heteroatoms. The van der Waals surface area contributed by atoms with E-state index in [9.17, 15) is 4.39 Å². The Balaban J connectivity index is 1.88. The largest absolute Gasteiger partial charge is 0.362 e. The molecule has 19 heavy (non-hydrogen) atoms. The van der Waals surface area contributed by atoms with Crippen LogP contribution in [0.1, 0.15) is 26.2 Å². The molecule has 104 valence electrons. The second-order valence-electron chi connectivity index (χ2n) is 5.72. The zero-order valence-electron chi connectivity index (χ0n) is 11.3. The summed E-state index contributed by atoms with van der Waals surface area (Å²) in [6.07, 6.45) is 3.80. The summed E-state index contributed by atoms with van der Waals surface area (Å²) in [5.74, 6) is -0.205. The Morgan fingerprint density at radius 2 is 2.11 bits per heavy atom. The predicted molar refractivity (Wildman–Crippen MR) is 77.4 cm³/mol. The number of para-hydroxylation sites is 1. The van der Waals surface area contributed by atoms with Gasteiger partial charge < -0.3 is 4.90 Å². The van der Waals surface area contributed by atoms with E-state index in [1.54, 1.807) is 12.1 Å². The number of halogens is 2. The highest BCUT2D eigenvalue weighted by molar-refractivity contribution is 6.33. The molecule has 0 N–H and O–H groups in total. The molecule has 2 nitrogen and oxygen atoms in total. The van der Waals surface area contributed by atoms with Crippen LogP contribution in [0.3, 0.4) is 0 Å². The molecule has 2 aliphatic heterocycles. The van der Waals surface area contributed by atoms with Gasteiger partial charge >= 0.3 is 0 Å². The molecule has 0 aromatic heterocycles. The maximum atomic E-state index is 14.1. The number of rotatable bonds is 1. The average Bonchev–Trinajstić information content (AvgIpc) is 2.39. The number of hydrogen-bond acceptors (Lipinski definition) is 2. The topological polar surface area (TPSA) is 6.48 Å². The van der Waals surface area contributed by atoms with Gasteiger partial charge in [-0.15, -0.1) is 0 Å². The summed E-state index contributed by atoms with van der Waals surface area (Å²) < 4.78 is 14.1. The lowest BCUT2D eigenvalue weighted by Crippen LogP contribution is -2.59. The van der Waals surface area contributed by atoms with Crippen molar-refractivity contribution in [2.24, 2.45) is 0 Å². The number of piperazine rings is 1. The van der Waals surface area contributed by atoms with Gasteiger partial charge in [-0.1, -0.05) is 24.1 Å². The van der Waals surface area contributed by atoms with Crippen LogP contribution in [-0.2, 0) is 0 Å². The van der Waals surface area contributed by atoms with Crippen LogP contribution < -0.4 is 4.90 Å². The van der Waals surface area contributed by atoms with E-state index < -0.39 is 0 Å². The summed E-state index contributed by atoms with van der Waals surface area (Å²) in [7, 11) is 0. The summed E-state index contributed by atoms with van der Waals surface area (Å²) in [5.41, 5.74) is 0.585. The van der Waals surface area contributed by atoms with E-state index in [-0.39, 0.29) is 5.82 Å². The van der Waals surface area contributed by atoms with Crippen molar-refractivity contribution in [3.8, 4) is 0 Å². The quantitative estimate of drug-likeness (QED) is 0.777. The van der Waals surface area contributed by atoms with Gasteiger partial charge in [0.25, 0.3) is 0 Å². The normalized spacial score (nSPS) is 28.3. The van der Waals surface area contributed by atoms with Crippen LogP contribution in [0.4, 0.5) is 10.1 Å². The lowest BCUT2D eigenvalue weighted by Gasteiger charge is -2.48. The Labute approximate surface area is 119 Å². The minimum absolute atomic E-state index is 0.205. The molecule has 0 amide bonds. The van der Waals surface area contributed by atoms with Crippen LogP contribution in [0.25, 0.3) is 0 Å². The first-order chi connectivity index (χ1) is 9.16. The van der Waals surface area contributed by atoms with Crippen molar-refractivity contribution >= 4 is 17.3 Å². The maximum absolute atomic E-state index is 14.1. The van der Waals surface area contributed by atoms with E-state index in [0.29, 0.717) is 22.8 Å². The Morgan fingerprint density at radius 3 is 2.89 bits per heavy atom. The summed E-state index contributed by atoms with van der Waals surface area (Å²) in [4.78, 5) is 4.71. The third kappa shape index (κ3) is 2.46. The predicted octanol–water partition coefficient (Wildman–Crippen LogP) is 3.54. The molecule has 1 aromatic rings. The van der Waals surface area contributed by atoms with Crippen molar-refractivity contribution < 1.29 is 4.39 Å². The van der Waals surface area contributed by atoms with Crippen molar-refractivity contribution in [2.75, 3.05) is 24.5 Å². The Bertz CT molecular complexity index is 445. The molecule has 2 unspecified atom stereocenters. The molecular weight excluding hydrogens is 263 g/mol. The van der Waals surface area contributed by atoms with Gasteiger partial charge in [-0.25, -0.2) is 4.39 Å². The van der Waals surface area contributed by atoms with Gasteiger partial charge in [0.2, 0.25) is 0 Å². The number of benzene rings is 1. The van der Waals surface area contributed by atoms with Crippen molar-refractivity contribution in [3.05, 3.63) is 29.0 Å². The average molecular weight is 283 g/mol. The van der Waals surface area contributed by atoms with Gasteiger partial charge in [0.05, 0.1) is 10.7 Å². The third-order valence-electron chi connectivity index (χ3n) is 4.41. The van der Waals surface area contributed by atoms with E-state index >= 15 is 0 Å². The van der Waals surface area contributed by atoms with Gasteiger partial charge in [-0.05, 0) is 38.4 Å². The second kappa shape index (κ2) is 5.29. The molecule has 0 saturated carbocycles. The van der Waals surface area contributed by atoms with Gasteiger partial charge in [-0.3, -0.25) is 4.90 Å². The summed E-state index contributed by atoms with van der Waals surface area (Å²) >= 11 is 6.21. The first-order valence-electron chi connectivity index (χ1n) is 7.11. The van der Waals surface area contributed by atoms with Crippen molar-refractivity contribution in [1.29, 1.82) is 0 Å². The molecule has 2 aliphatic rings. The SMILES string of the molecule is CC1CN2CCCCC2CN1c1c(F)cccc1Cl. The standard InChI is InChI=1S/C15H20ClFN2/c1-11-9-18-8-3-2-5-12(18)10-19(11)15-13(16)6-4-7-14(15)17/h4,6-7,11-12H,2-3,5,8-10H2,1H3. The molecular formula is C15H20ClFN2. The molecule has 0 bridgehead atoms. The third-order valence-corrected chi connectivity index (χ3v) is 4.72. The van der Waals surface area contributed by atoms with E-state index in [1.807, 2.05) is 0 Å². The van der Waals surface area contributed by atoms with E-state index in [2.05, 4.69) is 16.7 Å². The van der Waals surface area contributed by atoms with Gasteiger partial charge in [0.15, 0.2) is 0 Å². The summed E-state index contributed by atoms with van der Waals surface area (Å²) in [6, 6.07) is 5.81. The highest BCUT2D eigenvalue weighted by Crippen LogP contribution is 2.34. The van der Waals surface area contributed by atoms with Crippen molar-refractivity contribution in [2.45, 2.75) is 38.3 Å². The molecule has 0 aliphatic carbocycles. The van der Waals surface area contributed by atoms with E-state index in [1.165, 1.54) is 31.9 Å². The minimum atomic E-state index is -0.205. The number of nitrogens with zero attached hydrogens (tertiary/aromatic N) is 2. The lowest BCUT2D eigenvalue weighted by atomic mass is 9.96. The van der Waals surface area contributed by atoms with Crippen LogP contribution in [0, 0.1) is 5.82 Å². The van der Waals surface area contributed by atoms with Crippen molar-refractivity contribution in [3.63, 3.8) is 0 Å². The zero-order chi connectivity index (χ0) is 13.4. The fraction of sp³-hybridized carbons (Fsp3) is 0.600. The smallest absolute Gasteiger partial charge is 0.148 e. The molecule has 2 fully saturated rings. The molecule has 2 saturated heterocycles. The fourth-order valence-corrected chi connectivity index (χ4v) is 3.70. The molecule has 2 atom stereocenters. The van der Waals surface area contributed by atoms with Crippen LogP contribution in [-0.4, -0.2) is 36.6 Å². The zero-order valence-corrected chi connectivity index (χ0v) is 12.0. The van der Waals surface area contributed by atoms with Crippen LogP contribution >= 0.6 is 11.6 Å². The highest BCUT2D eigenvalue weighted by Gasteiger charge is 2.34. The van der Waals surface area contributed by atoms with Crippen molar-refractivity contribution in [1.82, 2.24) is 4.90 Å². The van der Waals surface area contributed by atoms with Gasteiger partial charge in [0, 0.05) is 25.2 Å². The highest BCUT2D eigenvalue weighted by atomic mass is 35.5. The summed E-state index contributed by atoms with van der Waals surface area (Å²) in [5, 5.41) is 0.524. The van der Waals surface area contributed by atoms with Crippen LogP contribution in [0.2, 0.25) is 5.02 Å². The monoisotopic (exact) mass is 282 g/mol. The molecule has 0 radical (unpaired) electrons. The van der Waals surface area contributed by atoms with E-state index in [4.69, 9.17) is 11.6 Å². The lowest BCUT2D eigenvalue weighted by molar-refractivity contribution is 0.115. The first kappa shape index (κ1) is 13.2. The first-order valence-corrected chi connectivity index (χ1v) is 7.49. The van der Waals surface area contributed by atoms with Gasteiger partial charge in [0.1, 0.15) is 5.82 Å². The van der Waals surface area contributed by atoms with Gasteiger partial charge in [-0.2, -0.15) is 0 Å². The number of hydrogen-bond donors (Lipinski definition) is 0. The maximum Gasteiger partial charge on any atom is 0.148 e. The van der Waals surface area contributed by atoms with Crippen LogP contribution in [0.5, 0.6) is 0 Å². The number of fused-ring (bicyclic) bond motifs is 1. The molecule has 0 spiro atoms. The minimum Gasteiger partial charge on any atom is -0.362 e. The van der Waals surface area contributed by atoms with E-state index in [0.717, 1.165) is 13.1 Å². The molecule has 3 rings (SSSR count). The second-order valence-corrected chi connectivity index (χ2v) is 6.12. The Morgan fingerprint density at radius 1 is 1.26 bits per heavy atom. The molecule has 2 heterocycles. The molecule has 1 aromatic carbocycles. The Hall–Kier alpha value is -0.800. The number of anilines is 1.